The highest BCUT2D eigenvalue weighted by atomic mass is 16.2. The fourth-order valence-electron chi connectivity index (χ4n) is 4.68. The predicted octanol–water partition coefficient (Wildman–Crippen LogP) is 6.50. The minimum Gasteiger partial charge on any atom is -0.322 e. The van der Waals surface area contributed by atoms with Gasteiger partial charge >= 0.3 is 0 Å². The Labute approximate surface area is 206 Å². The molecule has 174 valence electrons. The number of nitrogens with zero attached hydrogens (tertiary/aromatic N) is 1. The first-order valence-corrected chi connectivity index (χ1v) is 11.9. The maximum absolute atomic E-state index is 13.7. The van der Waals surface area contributed by atoms with Crippen molar-refractivity contribution in [3.8, 4) is 0 Å². The van der Waals surface area contributed by atoms with Gasteiger partial charge in [-0.2, -0.15) is 0 Å². The Balaban J connectivity index is 1.40. The molecule has 0 bridgehead atoms. The predicted molar refractivity (Wildman–Crippen MR) is 141 cm³/mol. The summed E-state index contributed by atoms with van der Waals surface area (Å²) in [5.74, 6) is -0.207. The molecule has 0 fully saturated rings. The van der Waals surface area contributed by atoms with Gasteiger partial charge in [-0.25, -0.2) is 0 Å². The number of fused-ring (bicyclic) bond motifs is 2. The van der Waals surface area contributed by atoms with Crippen LogP contribution in [-0.4, -0.2) is 11.8 Å². The Kier molecular flexibility index (Phi) is 6.19. The molecule has 4 aromatic carbocycles. The number of amides is 2. The molecule has 5 rings (SSSR count). The zero-order valence-electron chi connectivity index (χ0n) is 20.0. The van der Waals surface area contributed by atoms with Gasteiger partial charge in [-0.05, 0) is 85.3 Å². The molecule has 35 heavy (non-hydrogen) atoms. The summed E-state index contributed by atoms with van der Waals surface area (Å²) < 4.78 is 0. The molecular weight excluding hydrogens is 432 g/mol. The minimum absolute atomic E-state index is 0.0541. The number of carbonyl (C=O) groups is 2. The van der Waals surface area contributed by atoms with Crippen LogP contribution >= 0.6 is 0 Å². The minimum atomic E-state index is -0.153. The van der Waals surface area contributed by atoms with Crippen LogP contribution in [0.15, 0.2) is 91.0 Å². The number of rotatable bonds is 3. The molecule has 0 aliphatic carbocycles. The van der Waals surface area contributed by atoms with Gasteiger partial charge in [-0.15, -0.1) is 0 Å². The standard InChI is InChI=1S/C31H28N2O2/c1-21-11-12-22(2)28(19-21)30(34)32-27-17-15-25(16-18-27)31(35)33-20-26-9-4-3-7-23(26)13-14-24-8-5-6-10-29(24)33/h3-12,15-19H,13-14,20H2,1-2H3,(H,32,34). The van der Waals surface area contributed by atoms with E-state index >= 15 is 0 Å². The quantitative estimate of drug-likeness (QED) is 0.379. The summed E-state index contributed by atoms with van der Waals surface area (Å²) in [5, 5.41) is 2.96. The average molecular weight is 461 g/mol. The van der Waals surface area contributed by atoms with E-state index in [1.807, 2.05) is 61.2 Å². The molecule has 1 heterocycles. The molecule has 4 nitrogen and oxygen atoms in total. The summed E-state index contributed by atoms with van der Waals surface area (Å²) >= 11 is 0. The number of hydrogen-bond acceptors (Lipinski definition) is 2. The lowest BCUT2D eigenvalue weighted by molar-refractivity contribution is 0.0983. The molecule has 1 aliphatic heterocycles. The Morgan fingerprint density at radius 1 is 0.743 bits per heavy atom. The van der Waals surface area contributed by atoms with E-state index in [0.717, 1.165) is 29.7 Å². The second-order valence-corrected chi connectivity index (χ2v) is 9.14. The summed E-state index contributed by atoms with van der Waals surface area (Å²) in [6, 6.07) is 29.5. The number of nitrogens with one attached hydrogen (secondary N) is 1. The fourth-order valence-corrected chi connectivity index (χ4v) is 4.68. The highest BCUT2D eigenvalue weighted by Gasteiger charge is 2.23. The van der Waals surface area contributed by atoms with Crippen LogP contribution in [0, 0.1) is 13.8 Å². The Hall–Kier alpha value is -4.18. The van der Waals surface area contributed by atoms with Crippen molar-refractivity contribution in [1.82, 2.24) is 0 Å². The summed E-state index contributed by atoms with van der Waals surface area (Å²) in [5.41, 5.74) is 8.45. The largest absolute Gasteiger partial charge is 0.322 e. The third-order valence-corrected chi connectivity index (χ3v) is 6.67. The molecule has 0 spiro atoms. The van der Waals surface area contributed by atoms with E-state index in [9.17, 15) is 9.59 Å². The van der Waals surface area contributed by atoms with Crippen molar-refractivity contribution < 1.29 is 9.59 Å². The summed E-state index contributed by atoms with van der Waals surface area (Å²) in [7, 11) is 0. The van der Waals surface area contributed by atoms with Gasteiger partial charge in [0.2, 0.25) is 0 Å². The summed E-state index contributed by atoms with van der Waals surface area (Å²) in [6.45, 7) is 4.42. The van der Waals surface area contributed by atoms with Gasteiger partial charge in [0.15, 0.2) is 0 Å². The number of hydrogen-bond donors (Lipinski definition) is 1. The van der Waals surface area contributed by atoms with E-state index in [1.54, 1.807) is 24.3 Å². The van der Waals surface area contributed by atoms with E-state index in [1.165, 1.54) is 16.7 Å². The molecule has 1 N–H and O–H groups in total. The molecule has 0 atom stereocenters. The number of carbonyl (C=O) groups excluding carboxylic acids is 2. The van der Waals surface area contributed by atoms with Crippen LogP contribution in [0.4, 0.5) is 11.4 Å². The van der Waals surface area contributed by atoms with E-state index in [-0.39, 0.29) is 11.8 Å². The van der Waals surface area contributed by atoms with Gasteiger partial charge in [0, 0.05) is 22.5 Å². The molecule has 0 aromatic heterocycles. The van der Waals surface area contributed by atoms with E-state index in [0.29, 0.717) is 23.4 Å². The van der Waals surface area contributed by atoms with Gasteiger partial charge in [-0.1, -0.05) is 60.2 Å². The Bertz CT molecular complexity index is 1410. The summed E-state index contributed by atoms with van der Waals surface area (Å²) in [4.78, 5) is 28.4. The topological polar surface area (TPSA) is 49.4 Å². The first-order valence-electron chi connectivity index (χ1n) is 11.9. The fraction of sp³-hybridized carbons (Fsp3) is 0.161. The SMILES string of the molecule is Cc1ccc(C)c(C(=O)Nc2ccc(C(=O)N3Cc4ccccc4CCc4ccccc43)cc2)c1. The first kappa shape index (κ1) is 22.6. The van der Waals surface area contributed by atoms with Crippen molar-refractivity contribution >= 4 is 23.2 Å². The molecular formula is C31H28N2O2. The van der Waals surface area contributed by atoms with Crippen molar-refractivity contribution in [2.45, 2.75) is 33.2 Å². The highest BCUT2D eigenvalue weighted by molar-refractivity contribution is 6.08. The number of benzene rings is 4. The van der Waals surface area contributed by atoms with Crippen LogP contribution in [0.25, 0.3) is 0 Å². The third-order valence-electron chi connectivity index (χ3n) is 6.67. The van der Waals surface area contributed by atoms with Crippen molar-refractivity contribution in [3.05, 3.63) is 130 Å². The van der Waals surface area contributed by atoms with Gasteiger partial charge in [0.1, 0.15) is 0 Å². The first-order chi connectivity index (χ1) is 17.0. The average Bonchev–Trinajstić information content (AvgIpc) is 2.87. The van der Waals surface area contributed by atoms with Crippen LogP contribution in [0.2, 0.25) is 0 Å². The van der Waals surface area contributed by atoms with Crippen LogP contribution in [0.3, 0.4) is 0 Å². The van der Waals surface area contributed by atoms with Crippen LogP contribution < -0.4 is 10.2 Å². The summed E-state index contributed by atoms with van der Waals surface area (Å²) in [6.07, 6.45) is 1.85. The van der Waals surface area contributed by atoms with Crippen LogP contribution in [-0.2, 0) is 19.4 Å². The lowest BCUT2D eigenvalue weighted by Crippen LogP contribution is -2.32. The van der Waals surface area contributed by atoms with Gasteiger partial charge in [0.25, 0.3) is 11.8 Å². The molecule has 0 unspecified atom stereocenters. The maximum Gasteiger partial charge on any atom is 0.258 e. The van der Waals surface area contributed by atoms with Crippen molar-refractivity contribution in [3.63, 3.8) is 0 Å². The second-order valence-electron chi connectivity index (χ2n) is 9.14. The van der Waals surface area contributed by atoms with E-state index < -0.39 is 0 Å². The second kappa shape index (κ2) is 9.59. The van der Waals surface area contributed by atoms with E-state index in [2.05, 4.69) is 29.6 Å². The molecule has 4 heteroatoms. The Morgan fingerprint density at radius 3 is 2.17 bits per heavy atom. The van der Waals surface area contributed by atoms with Gasteiger partial charge in [0.05, 0.1) is 6.54 Å². The number of aryl methyl sites for hydroxylation is 4. The molecule has 1 aliphatic rings. The lowest BCUT2D eigenvalue weighted by Gasteiger charge is -2.29. The monoisotopic (exact) mass is 460 g/mol. The Morgan fingerprint density at radius 2 is 1.40 bits per heavy atom. The molecule has 4 aromatic rings. The molecule has 2 amide bonds. The zero-order valence-corrected chi connectivity index (χ0v) is 20.0. The third kappa shape index (κ3) is 4.73. The smallest absolute Gasteiger partial charge is 0.258 e. The highest BCUT2D eigenvalue weighted by Crippen LogP contribution is 2.30. The normalized spacial score (nSPS) is 12.7. The van der Waals surface area contributed by atoms with Gasteiger partial charge in [-0.3, -0.25) is 9.59 Å². The van der Waals surface area contributed by atoms with Crippen molar-refractivity contribution in [2.75, 3.05) is 10.2 Å². The zero-order chi connectivity index (χ0) is 24.4. The molecule has 0 saturated heterocycles. The molecule has 0 saturated carbocycles. The van der Waals surface area contributed by atoms with Crippen LogP contribution in [0.5, 0.6) is 0 Å². The number of anilines is 2. The maximum atomic E-state index is 13.7. The lowest BCUT2D eigenvalue weighted by atomic mass is 9.95. The van der Waals surface area contributed by atoms with E-state index in [4.69, 9.17) is 0 Å². The van der Waals surface area contributed by atoms with Crippen molar-refractivity contribution in [1.29, 1.82) is 0 Å². The van der Waals surface area contributed by atoms with Crippen molar-refractivity contribution in [2.24, 2.45) is 0 Å². The van der Waals surface area contributed by atoms with Gasteiger partial charge < -0.3 is 10.2 Å². The number of para-hydroxylation sites is 1. The molecule has 0 radical (unpaired) electrons. The van der Waals surface area contributed by atoms with Crippen LogP contribution in [0.1, 0.15) is 48.5 Å².